The lowest BCUT2D eigenvalue weighted by atomic mass is 10.1. The Morgan fingerprint density at radius 2 is 1.76 bits per heavy atom. The van der Waals surface area contributed by atoms with Crippen molar-refractivity contribution in [3.8, 4) is 0 Å². The molecule has 21 heavy (non-hydrogen) atoms. The first-order valence-corrected chi connectivity index (χ1v) is 7.05. The van der Waals surface area contributed by atoms with E-state index >= 15 is 0 Å². The summed E-state index contributed by atoms with van der Waals surface area (Å²) in [4.78, 5) is 11.9. The van der Waals surface area contributed by atoms with Gasteiger partial charge in [-0.2, -0.15) is 0 Å². The Kier molecular flexibility index (Phi) is 3.82. The zero-order valence-corrected chi connectivity index (χ0v) is 12.4. The summed E-state index contributed by atoms with van der Waals surface area (Å²) >= 11 is 12.0. The molecule has 2 nitrogen and oxygen atoms in total. The largest absolute Gasteiger partial charge is 0.422 e. The summed E-state index contributed by atoms with van der Waals surface area (Å²) in [5.41, 5.74) is 1.98. The molecule has 0 amide bonds. The molecular formula is C17H10Cl2O2. The molecule has 1 heterocycles. The van der Waals surface area contributed by atoms with Crippen molar-refractivity contribution >= 4 is 41.0 Å². The molecule has 0 unspecified atom stereocenters. The van der Waals surface area contributed by atoms with Crippen molar-refractivity contribution in [2.75, 3.05) is 0 Å². The van der Waals surface area contributed by atoms with E-state index in [9.17, 15) is 4.79 Å². The van der Waals surface area contributed by atoms with Gasteiger partial charge in [-0.25, -0.2) is 4.79 Å². The average Bonchev–Trinajstić information content (AvgIpc) is 2.85. The quantitative estimate of drug-likeness (QED) is 0.577. The summed E-state index contributed by atoms with van der Waals surface area (Å²) in [7, 11) is 0. The van der Waals surface area contributed by atoms with Gasteiger partial charge >= 0.3 is 5.97 Å². The standard InChI is InChI=1S/C17H10Cl2O2/c18-14-6-7-15(19)12(9-14)8-13-10-16(21-17(13)20)11-4-2-1-3-5-11/h1-10H/b13-8-. The summed E-state index contributed by atoms with van der Waals surface area (Å²) < 4.78 is 5.28. The van der Waals surface area contributed by atoms with Crippen molar-refractivity contribution in [3.63, 3.8) is 0 Å². The van der Waals surface area contributed by atoms with Crippen molar-refractivity contribution in [1.29, 1.82) is 0 Å². The third kappa shape index (κ3) is 3.02. The van der Waals surface area contributed by atoms with Crippen molar-refractivity contribution in [1.82, 2.24) is 0 Å². The van der Waals surface area contributed by atoms with Crippen LogP contribution in [0.4, 0.5) is 0 Å². The third-order valence-electron chi connectivity index (χ3n) is 3.05. The molecule has 104 valence electrons. The number of rotatable bonds is 2. The van der Waals surface area contributed by atoms with Gasteiger partial charge in [0.2, 0.25) is 0 Å². The second-order valence-corrected chi connectivity index (χ2v) is 5.37. The van der Waals surface area contributed by atoms with Crippen LogP contribution in [0, 0.1) is 0 Å². The molecule has 0 aliphatic carbocycles. The second-order valence-electron chi connectivity index (χ2n) is 4.53. The predicted molar refractivity (Wildman–Crippen MR) is 85.0 cm³/mol. The fourth-order valence-corrected chi connectivity index (χ4v) is 2.38. The lowest BCUT2D eigenvalue weighted by Crippen LogP contribution is -1.97. The van der Waals surface area contributed by atoms with Gasteiger partial charge in [-0.15, -0.1) is 0 Å². The topological polar surface area (TPSA) is 26.3 Å². The van der Waals surface area contributed by atoms with Crippen molar-refractivity contribution < 1.29 is 9.53 Å². The average molecular weight is 317 g/mol. The third-order valence-corrected chi connectivity index (χ3v) is 3.63. The van der Waals surface area contributed by atoms with E-state index in [0.717, 1.165) is 5.56 Å². The predicted octanol–water partition coefficient (Wildman–Crippen LogP) is 4.97. The molecule has 1 aliphatic heterocycles. The van der Waals surface area contributed by atoms with E-state index in [1.54, 1.807) is 30.4 Å². The SMILES string of the molecule is O=C1OC(c2ccccc2)=C/C1=C/c1cc(Cl)ccc1Cl. The van der Waals surface area contributed by atoms with Gasteiger partial charge in [0.15, 0.2) is 0 Å². The molecule has 2 aromatic carbocycles. The molecule has 0 spiro atoms. The number of halogens is 2. The van der Waals surface area contributed by atoms with Crippen LogP contribution < -0.4 is 0 Å². The smallest absolute Gasteiger partial charge is 0.343 e. The zero-order valence-electron chi connectivity index (χ0n) is 10.8. The summed E-state index contributed by atoms with van der Waals surface area (Å²) in [6, 6.07) is 14.5. The van der Waals surface area contributed by atoms with Crippen molar-refractivity contribution in [2.45, 2.75) is 0 Å². The van der Waals surface area contributed by atoms with Crippen LogP contribution in [0.25, 0.3) is 11.8 Å². The number of carbonyl (C=O) groups is 1. The number of ether oxygens (including phenoxy) is 1. The minimum Gasteiger partial charge on any atom is -0.422 e. The number of hydrogen-bond acceptors (Lipinski definition) is 2. The van der Waals surface area contributed by atoms with Gasteiger partial charge in [-0.05, 0) is 35.9 Å². The Morgan fingerprint density at radius 3 is 2.52 bits per heavy atom. The normalized spacial score (nSPS) is 16.0. The van der Waals surface area contributed by atoms with E-state index in [-0.39, 0.29) is 0 Å². The monoisotopic (exact) mass is 316 g/mol. The van der Waals surface area contributed by atoms with Gasteiger partial charge in [0.05, 0.1) is 5.57 Å². The molecular weight excluding hydrogens is 307 g/mol. The van der Waals surface area contributed by atoms with E-state index in [1.807, 2.05) is 30.3 Å². The Morgan fingerprint density at radius 1 is 1.00 bits per heavy atom. The lowest BCUT2D eigenvalue weighted by Gasteiger charge is -2.00. The van der Waals surface area contributed by atoms with E-state index < -0.39 is 5.97 Å². The zero-order chi connectivity index (χ0) is 14.8. The second kappa shape index (κ2) is 5.76. The van der Waals surface area contributed by atoms with Crippen LogP contribution in [0.1, 0.15) is 11.1 Å². The number of cyclic esters (lactones) is 1. The first-order chi connectivity index (χ1) is 10.1. The van der Waals surface area contributed by atoms with Crippen molar-refractivity contribution in [2.24, 2.45) is 0 Å². The lowest BCUT2D eigenvalue weighted by molar-refractivity contribution is -0.130. The number of hydrogen-bond donors (Lipinski definition) is 0. The fraction of sp³-hybridized carbons (Fsp3) is 0. The Bertz CT molecular complexity index is 762. The summed E-state index contributed by atoms with van der Waals surface area (Å²) in [5.74, 6) is 0.134. The molecule has 0 aromatic heterocycles. The summed E-state index contributed by atoms with van der Waals surface area (Å²) in [5, 5.41) is 1.09. The van der Waals surface area contributed by atoms with Crippen LogP contribution in [-0.2, 0) is 9.53 Å². The minimum absolute atomic E-state index is 0.398. The van der Waals surface area contributed by atoms with Crippen LogP contribution >= 0.6 is 23.2 Å². The molecule has 4 heteroatoms. The molecule has 0 atom stereocenters. The van der Waals surface area contributed by atoms with E-state index in [2.05, 4.69) is 0 Å². The maximum atomic E-state index is 11.9. The van der Waals surface area contributed by atoms with Gasteiger partial charge in [-0.3, -0.25) is 0 Å². The van der Waals surface area contributed by atoms with Crippen LogP contribution in [-0.4, -0.2) is 5.97 Å². The molecule has 0 radical (unpaired) electrons. The molecule has 0 N–H and O–H groups in total. The fourth-order valence-electron chi connectivity index (χ4n) is 2.03. The molecule has 2 aromatic rings. The first-order valence-electron chi connectivity index (χ1n) is 6.29. The van der Waals surface area contributed by atoms with Crippen LogP contribution in [0.2, 0.25) is 10.0 Å². The Hall–Kier alpha value is -2.03. The molecule has 1 aliphatic rings. The maximum Gasteiger partial charge on any atom is 0.343 e. The number of benzene rings is 2. The maximum absolute atomic E-state index is 11.9. The first kappa shape index (κ1) is 13.9. The highest BCUT2D eigenvalue weighted by molar-refractivity contribution is 6.34. The van der Waals surface area contributed by atoms with Gasteiger partial charge < -0.3 is 4.74 Å². The molecule has 0 saturated heterocycles. The highest BCUT2D eigenvalue weighted by Crippen LogP contribution is 2.29. The van der Waals surface area contributed by atoms with Gasteiger partial charge in [-0.1, -0.05) is 53.5 Å². The highest BCUT2D eigenvalue weighted by atomic mass is 35.5. The Labute approximate surface area is 132 Å². The van der Waals surface area contributed by atoms with Gasteiger partial charge in [0.1, 0.15) is 5.76 Å². The van der Waals surface area contributed by atoms with E-state index in [4.69, 9.17) is 27.9 Å². The van der Waals surface area contributed by atoms with Crippen molar-refractivity contribution in [3.05, 3.63) is 81.4 Å². The Balaban J connectivity index is 1.99. The molecule has 3 rings (SSSR count). The van der Waals surface area contributed by atoms with E-state index in [0.29, 0.717) is 26.9 Å². The number of carbonyl (C=O) groups excluding carboxylic acids is 1. The number of esters is 1. The molecule has 0 bridgehead atoms. The van der Waals surface area contributed by atoms with Gasteiger partial charge in [0, 0.05) is 15.6 Å². The summed E-state index contributed by atoms with van der Waals surface area (Å²) in [6.07, 6.45) is 3.38. The highest BCUT2D eigenvalue weighted by Gasteiger charge is 2.22. The minimum atomic E-state index is -0.398. The van der Waals surface area contributed by atoms with Crippen LogP contribution in [0.5, 0.6) is 0 Å². The molecule has 0 saturated carbocycles. The van der Waals surface area contributed by atoms with Crippen LogP contribution in [0.15, 0.2) is 60.2 Å². The van der Waals surface area contributed by atoms with E-state index in [1.165, 1.54) is 0 Å². The molecule has 0 fully saturated rings. The summed E-state index contributed by atoms with van der Waals surface area (Å²) in [6.45, 7) is 0. The van der Waals surface area contributed by atoms with Crippen LogP contribution in [0.3, 0.4) is 0 Å². The van der Waals surface area contributed by atoms with Gasteiger partial charge in [0.25, 0.3) is 0 Å².